The van der Waals surface area contributed by atoms with Crippen LogP contribution in [0.5, 0.6) is 0 Å². The number of aromatic nitrogens is 1. The zero-order valence-corrected chi connectivity index (χ0v) is 15.3. The molecule has 1 fully saturated rings. The second-order valence-electron chi connectivity index (χ2n) is 6.53. The number of nitrogens with one attached hydrogen (secondary N) is 1. The fourth-order valence-electron chi connectivity index (χ4n) is 3.23. The Morgan fingerprint density at radius 1 is 1.40 bits per heavy atom. The first-order chi connectivity index (χ1) is 12.1. The summed E-state index contributed by atoms with van der Waals surface area (Å²) in [5, 5.41) is 16.0. The van der Waals surface area contributed by atoms with Crippen molar-refractivity contribution in [3.05, 3.63) is 52.0 Å². The van der Waals surface area contributed by atoms with Crippen LogP contribution in [-0.4, -0.2) is 46.1 Å². The first-order valence-corrected chi connectivity index (χ1v) is 9.68. The molecule has 6 heteroatoms. The second-order valence-corrected chi connectivity index (χ2v) is 7.47. The monoisotopic (exact) mass is 359 g/mol. The molecule has 1 aliphatic rings. The van der Waals surface area contributed by atoms with E-state index < -0.39 is 0 Å². The molecule has 1 saturated heterocycles. The summed E-state index contributed by atoms with van der Waals surface area (Å²) in [4.78, 5) is 18.9. The molecule has 2 atom stereocenters. The molecule has 1 aliphatic heterocycles. The van der Waals surface area contributed by atoms with E-state index in [-0.39, 0.29) is 18.1 Å². The number of carbonyl (C=O) groups is 1. The van der Waals surface area contributed by atoms with Crippen LogP contribution in [0.4, 0.5) is 0 Å². The Morgan fingerprint density at radius 3 is 2.92 bits per heavy atom. The van der Waals surface area contributed by atoms with Gasteiger partial charge in [-0.2, -0.15) is 0 Å². The molecule has 2 aromatic rings. The summed E-state index contributed by atoms with van der Waals surface area (Å²) in [6, 6.07) is 10.4. The second kappa shape index (κ2) is 8.56. The lowest BCUT2D eigenvalue weighted by Crippen LogP contribution is -2.40. The molecule has 134 valence electrons. The SMILES string of the molecule is CCc1nc(CC(=O)NC[C@@H]2C[C@H](O)CN2Cc2ccccc2)cs1. The molecule has 0 saturated carbocycles. The van der Waals surface area contributed by atoms with E-state index in [9.17, 15) is 9.90 Å². The van der Waals surface area contributed by atoms with Crippen LogP contribution in [0.25, 0.3) is 0 Å². The molecule has 5 nitrogen and oxygen atoms in total. The van der Waals surface area contributed by atoms with Crippen LogP contribution in [0.15, 0.2) is 35.7 Å². The molecule has 0 unspecified atom stereocenters. The topological polar surface area (TPSA) is 65.5 Å². The maximum absolute atomic E-state index is 12.2. The molecule has 2 heterocycles. The molecule has 2 N–H and O–H groups in total. The van der Waals surface area contributed by atoms with Crippen molar-refractivity contribution < 1.29 is 9.90 Å². The van der Waals surface area contributed by atoms with Crippen molar-refractivity contribution in [2.45, 2.75) is 44.9 Å². The molecular formula is C19H25N3O2S. The molecule has 0 aliphatic carbocycles. The largest absolute Gasteiger partial charge is 0.392 e. The standard InChI is InChI=1S/C19H25N3O2S/c1-2-19-21-15(13-25-19)8-18(24)20-10-16-9-17(23)12-22(16)11-14-6-4-3-5-7-14/h3-7,13,16-17,23H,2,8-12H2,1H3,(H,20,24)/t16-,17-/m0/s1. The van der Waals surface area contributed by atoms with E-state index in [4.69, 9.17) is 0 Å². The highest BCUT2D eigenvalue weighted by molar-refractivity contribution is 7.09. The van der Waals surface area contributed by atoms with E-state index >= 15 is 0 Å². The lowest BCUT2D eigenvalue weighted by molar-refractivity contribution is -0.120. The summed E-state index contributed by atoms with van der Waals surface area (Å²) >= 11 is 1.60. The van der Waals surface area contributed by atoms with Crippen molar-refractivity contribution in [3.8, 4) is 0 Å². The molecular weight excluding hydrogens is 334 g/mol. The minimum Gasteiger partial charge on any atom is -0.392 e. The number of nitrogens with zero attached hydrogens (tertiary/aromatic N) is 2. The van der Waals surface area contributed by atoms with Gasteiger partial charge in [0.1, 0.15) is 0 Å². The summed E-state index contributed by atoms with van der Waals surface area (Å²) in [5.41, 5.74) is 2.06. The number of β-amino-alcohol motifs (C(OH)–C–C–N with tert-alkyl or cyclic N) is 1. The number of aliphatic hydroxyl groups is 1. The predicted octanol–water partition coefficient (Wildman–Crippen LogP) is 2.00. The van der Waals surface area contributed by atoms with Gasteiger partial charge in [0.25, 0.3) is 0 Å². The Labute approximate surface area is 152 Å². The maximum Gasteiger partial charge on any atom is 0.226 e. The molecule has 25 heavy (non-hydrogen) atoms. The van der Waals surface area contributed by atoms with E-state index in [0.717, 1.165) is 23.7 Å². The predicted molar refractivity (Wildman–Crippen MR) is 99.5 cm³/mol. The minimum atomic E-state index is -0.323. The highest BCUT2D eigenvalue weighted by Gasteiger charge is 2.30. The van der Waals surface area contributed by atoms with Gasteiger partial charge in [0.2, 0.25) is 5.91 Å². The van der Waals surface area contributed by atoms with Crippen LogP contribution < -0.4 is 5.32 Å². The van der Waals surface area contributed by atoms with Gasteiger partial charge in [-0.05, 0) is 18.4 Å². The van der Waals surface area contributed by atoms with E-state index in [1.165, 1.54) is 5.56 Å². The third kappa shape index (κ3) is 5.11. The quantitative estimate of drug-likeness (QED) is 0.794. The number of benzene rings is 1. The van der Waals surface area contributed by atoms with Gasteiger partial charge in [-0.15, -0.1) is 11.3 Å². The summed E-state index contributed by atoms with van der Waals surface area (Å²) in [5.74, 6) is -0.00555. The van der Waals surface area contributed by atoms with Gasteiger partial charge in [-0.25, -0.2) is 4.98 Å². The lowest BCUT2D eigenvalue weighted by atomic mass is 10.1. The summed E-state index contributed by atoms with van der Waals surface area (Å²) in [7, 11) is 0. The Bertz CT molecular complexity index is 689. The number of aliphatic hydroxyl groups excluding tert-OH is 1. The molecule has 0 spiro atoms. The van der Waals surface area contributed by atoms with Crippen LogP contribution in [0, 0.1) is 0 Å². The Morgan fingerprint density at radius 2 is 2.20 bits per heavy atom. The molecule has 1 aromatic carbocycles. The molecule has 0 bridgehead atoms. The third-order valence-electron chi connectivity index (χ3n) is 4.51. The average molecular weight is 359 g/mol. The van der Waals surface area contributed by atoms with Crippen molar-refractivity contribution in [1.29, 1.82) is 0 Å². The Kier molecular flexibility index (Phi) is 6.18. The van der Waals surface area contributed by atoms with Crippen molar-refractivity contribution in [3.63, 3.8) is 0 Å². The van der Waals surface area contributed by atoms with Crippen LogP contribution in [-0.2, 0) is 24.2 Å². The van der Waals surface area contributed by atoms with Crippen LogP contribution in [0.3, 0.4) is 0 Å². The highest BCUT2D eigenvalue weighted by atomic mass is 32.1. The van der Waals surface area contributed by atoms with Gasteiger partial charge in [-0.3, -0.25) is 9.69 Å². The van der Waals surface area contributed by atoms with Crippen LogP contribution >= 0.6 is 11.3 Å². The van der Waals surface area contributed by atoms with Gasteiger partial charge < -0.3 is 10.4 Å². The van der Waals surface area contributed by atoms with Crippen molar-refractivity contribution in [1.82, 2.24) is 15.2 Å². The van der Waals surface area contributed by atoms with Crippen molar-refractivity contribution in [2.75, 3.05) is 13.1 Å². The summed E-state index contributed by atoms with van der Waals surface area (Å²) < 4.78 is 0. The zero-order valence-electron chi connectivity index (χ0n) is 14.5. The van der Waals surface area contributed by atoms with Crippen LogP contribution in [0.1, 0.15) is 29.6 Å². The van der Waals surface area contributed by atoms with Crippen LogP contribution in [0.2, 0.25) is 0 Å². The number of aryl methyl sites for hydroxylation is 1. The number of hydrogen-bond donors (Lipinski definition) is 2. The minimum absolute atomic E-state index is 0.00555. The van der Waals surface area contributed by atoms with Gasteiger partial charge in [-0.1, -0.05) is 37.3 Å². The average Bonchev–Trinajstić information content (AvgIpc) is 3.20. The van der Waals surface area contributed by atoms with E-state index in [1.54, 1.807) is 11.3 Å². The van der Waals surface area contributed by atoms with Gasteiger partial charge in [0.15, 0.2) is 0 Å². The number of rotatable bonds is 7. The molecule has 1 aromatic heterocycles. The van der Waals surface area contributed by atoms with Crippen molar-refractivity contribution >= 4 is 17.2 Å². The first-order valence-electron chi connectivity index (χ1n) is 8.80. The first kappa shape index (κ1) is 18.0. The smallest absolute Gasteiger partial charge is 0.226 e. The molecule has 3 rings (SSSR count). The normalized spacial score (nSPS) is 20.7. The number of amides is 1. The van der Waals surface area contributed by atoms with Gasteiger partial charge in [0.05, 0.1) is 23.2 Å². The zero-order chi connectivity index (χ0) is 17.6. The lowest BCUT2D eigenvalue weighted by Gasteiger charge is -2.24. The fourth-order valence-corrected chi connectivity index (χ4v) is 3.98. The summed E-state index contributed by atoms with van der Waals surface area (Å²) in [6.07, 6.45) is 1.60. The Balaban J connectivity index is 1.50. The summed E-state index contributed by atoms with van der Waals surface area (Å²) in [6.45, 7) is 4.08. The maximum atomic E-state index is 12.2. The highest BCUT2D eigenvalue weighted by Crippen LogP contribution is 2.20. The van der Waals surface area contributed by atoms with Crippen molar-refractivity contribution in [2.24, 2.45) is 0 Å². The molecule has 1 amide bonds. The number of carbonyl (C=O) groups excluding carboxylic acids is 1. The number of hydrogen-bond acceptors (Lipinski definition) is 5. The Hall–Kier alpha value is -1.76. The van der Waals surface area contributed by atoms with E-state index in [2.05, 4.69) is 34.3 Å². The number of likely N-dealkylation sites (tertiary alicyclic amines) is 1. The van der Waals surface area contributed by atoms with Gasteiger partial charge >= 0.3 is 0 Å². The fraction of sp³-hybridized carbons (Fsp3) is 0.474. The van der Waals surface area contributed by atoms with E-state index in [0.29, 0.717) is 25.9 Å². The number of thiazole rings is 1. The molecule has 0 radical (unpaired) electrons. The van der Waals surface area contributed by atoms with Gasteiger partial charge in [0, 0.05) is 31.1 Å². The third-order valence-corrected chi connectivity index (χ3v) is 5.55. The van der Waals surface area contributed by atoms with E-state index in [1.807, 2.05) is 23.6 Å².